The van der Waals surface area contributed by atoms with Crippen molar-refractivity contribution in [3.63, 3.8) is 0 Å². The SMILES string of the molecule is O=C(O)c1ccc2[nH]c(CN3CCC(c4cccc(OCc5ccc(Cl)cc5F)n4)CC3)nc2c1O. The van der Waals surface area contributed by atoms with Gasteiger partial charge >= 0.3 is 5.97 Å². The van der Waals surface area contributed by atoms with Crippen molar-refractivity contribution in [2.45, 2.75) is 31.9 Å². The van der Waals surface area contributed by atoms with E-state index in [2.05, 4.69) is 19.9 Å². The Morgan fingerprint density at radius 3 is 2.72 bits per heavy atom. The fraction of sp³-hybridized carbons (Fsp3) is 0.269. The summed E-state index contributed by atoms with van der Waals surface area (Å²) < 4.78 is 19.7. The first-order valence-corrected chi connectivity index (χ1v) is 11.9. The van der Waals surface area contributed by atoms with Gasteiger partial charge in [0.1, 0.15) is 29.3 Å². The summed E-state index contributed by atoms with van der Waals surface area (Å²) in [7, 11) is 0. The average Bonchev–Trinajstić information content (AvgIpc) is 3.28. The highest BCUT2D eigenvalue weighted by Gasteiger charge is 2.23. The number of phenols is 1. The number of halogens is 2. The predicted molar refractivity (Wildman–Crippen MR) is 132 cm³/mol. The first-order chi connectivity index (χ1) is 17.4. The lowest BCUT2D eigenvalue weighted by atomic mass is 9.93. The van der Waals surface area contributed by atoms with Crippen LogP contribution in [0.3, 0.4) is 0 Å². The van der Waals surface area contributed by atoms with Gasteiger partial charge in [0.2, 0.25) is 5.88 Å². The Balaban J connectivity index is 1.19. The number of aromatic nitrogens is 3. The lowest BCUT2D eigenvalue weighted by molar-refractivity contribution is 0.0694. The Morgan fingerprint density at radius 2 is 1.97 bits per heavy atom. The highest BCUT2D eigenvalue weighted by Crippen LogP contribution is 2.30. The molecule has 3 heterocycles. The molecule has 3 N–H and O–H groups in total. The van der Waals surface area contributed by atoms with E-state index in [1.54, 1.807) is 24.3 Å². The number of H-pyrrole nitrogens is 1. The Kier molecular flexibility index (Phi) is 6.75. The Hall–Kier alpha value is -3.69. The summed E-state index contributed by atoms with van der Waals surface area (Å²) in [6, 6.07) is 13.1. The molecule has 1 saturated heterocycles. The third-order valence-corrected chi connectivity index (χ3v) is 6.66. The van der Waals surface area contributed by atoms with Crippen molar-refractivity contribution >= 4 is 28.6 Å². The first-order valence-electron chi connectivity index (χ1n) is 11.6. The minimum atomic E-state index is -1.19. The molecule has 10 heteroatoms. The number of carboxylic acid groups (broad SMARTS) is 1. The molecule has 0 aliphatic carbocycles. The van der Waals surface area contributed by atoms with E-state index in [0.29, 0.717) is 34.4 Å². The molecule has 8 nitrogen and oxygen atoms in total. The molecule has 0 spiro atoms. The third kappa shape index (κ3) is 5.12. The molecule has 4 aromatic rings. The lowest BCUT2D eigenvalue weighted by Gasteiger charge is -2.31. The van der Waals surface area contributed by atoms with Gasteiger partial charge in [-0.1, -0.05) is 23.7 Å². The summed E-state index contributed by atoms with van der Waals surface area (Å²) in [6.45, 7) is 2.29. The third-order valence-electron chi connectivity index (χ3n) is 6.42. The second-order valence-corrected chi connectivity index (χ2v) is 9.26. The van der Waals surface area contributed by atoms with E-state index in [1.165, 1.54) is 12.1 Å². The van der Waals surface area contributed by atoms with Crippen LogP contribution in [0.4, 0.5) is 4.39 Å². The Bertz CT molecular complexity index is 1420. The van der Waals surface area contributed by atoms with E-state index >= 15 is 0 Å². The maximum atomic E-state index is 14.0. The van der Waals surface area contributed by atoms with Crippen molar-refractivity contribution in [1.82, 2.24) is 19.9 Å². The zero-order valence-electron chi connectivity index (χ0n) is 19.2. The molecule has 0 atom stereocenters. The zero-order chi connectivity index (χ0) is 25.2. The highest BCUT2D eigenvalue weighted by atomic mass is 35.5. The van der Waals surface area contributed by atoms with Gasteiger partial charge < -0.3 is 19.9 Å². The van der Waals surface area contributed by atoms with E-state index in [1.807, 2.05) is 12.1 Å². The number of piperidine rings is 1. The largest absolute Gasteiger partial charge is 0.505 e. The number of nitrogens with one attached hydrogen (secondary N) is 1. The minimum absolute atomic E-state index is 0.0684. The second-order valence-electron chi connectivity index (χ2n) is 8.82. The maximum absolute atomic E-state index is 14.0. The number of carboxylic acids is 1. The van der Waals surface area contributed by atoms with Gasteiger partial charge in [0.15, 0.2) is 5.75 Å². The van der Waals surface area contributed by atoms with Crippen molar-refractivity contribution in [1.29, 1.82) is 0 Å². The number of nitrogens with zero attached hydrogens (tertiary/aromatic N) is 3. The monoisotopic (exact) mass is 510 g/mol. The smallest absolute Gasteiger partial charge is 0.339 e. The van der Waals surface area contributed by atoms with Crippen molar-refractivity contribution in [3.05, 3.63) is 82.0 Å². The molecule has 1 aliphatic heterocycles. The van der Waals surface area contributed by atoms with E-state index < -0.39 is 11.8 Å². The predicted octanol–water partition coefficient (Wildman–Crippen LogP) is 5.11. The molecule has 2 aromatic carbocycles. The number of aromatic amines is 1. The number of aromatic carboxylic acids is 1. The van der Waals surface area contributed by atoms with Crippen LogP contribution in [0.15, 0.2) is 48.5 Å². The highest BCUT2D eigenvalue weighted by molar-refractivity contribution is 6.30. The summed E-state index contributed by atoms with van der Waals surface area (Å²) in [5.41, 5.74) is 2.05. The quantitative estimate of drug-likeness (QED) is 0.316. The number of imidazole rings is 1. The van der Waals surface area contributed by atoms with Gasteiger partial charge in [-0.05, 0) is 56.3 Å². The summed E-state index contributed by atoms with van der Waals surface area (Å²) in [5, 5.41) is 19.8. The molecular formula is C26H24ClFN4O4. The fourth-order valence-corrected chi connectivity index (χ4v) is 4.65. The molecule has 0 radical (unpaired) electrons. The van der Waals surface area contributed by atoms with Crippen LogP contribution < -0.4 is 4.74 Å². The maximum Gasteiger partial charge on any atom is 0.339 e. The molecule has 186 valence electrons. The van der Waals surface area contributed by atoms with Crippen LogP contribution in [0.25, 0.3) is 11.0 Å². The van der Waals surface area contributed by atoms with E-state index in [9.17, 15) is 19.4 Å². The number of hydrogen-bond acceptors (Lipinski definition) is 6. The van der Waals surface area contributed by atoms with Crippen LogP contribution in [-0.4, -0.2) is 49.1 Å². The van der Waals surface area contributed by atoms with Crippen molar-refractivity contribution in [2.24, 2.45) is 0 Å². The van der Waals surface area contributed by atoms with Crippen LogP contribution in [0.2, 0.25) is 5.02 Å². The number of likely N-dealkylation sites (tertiary alicyclic amines) is 1. The number of rotatable bonds is 7. The van der Waals surface area contributed by atoms with Crippen LogP contribution in [0, 0.1) is 5.82 Å². The van der Waals surface area contributed by atoms with Crippen LogP contribution >= 0.6 is 11.6 Å². The van der Waals surface area contributed by atoms with Crippen molar-refractivity contribution in [2.75, 3.05) is 13.1 Å². The molecule has 0 saturated carbocycles. The summed E-state index contributed by atoms with van der Waals surface area (Å²) in [4.78, 5) is 25.7. The normalized spacial score (nSPS) is 14.8. The summed E-state index contributed by atoms with van der Waals surface area (Å²) in [6.07, 6.45) is 1.80. The van der Waals surface area contributed by atoms with Gasteiger partial charge in [-0.15, -0.1) is 0 Å². The van der Waals surface area contributed by atoms with Gasteiger partial charge in [-0.25, -0.2) is 19.2 Å². The number of benzene rings is 2. The minimum Gasteiger partial charge on any atom is -0.505 e. The van der Waals surface area contributed by atoms with Gasteiger partial charge in [0.05, 0.1) is 12.1 Å². The Morgan fingerprint density at radius 1 is 1.17 bits per heavy atom. The molecule has 1 aliphatic rings. The zero-order valence-corrected chi connectivity index (χ0v) is 20.0. The number of ether oxygens (including phenoxy) is 1. The van der Waals surface area contributed by atoms with Gasteiger partial charge in [0, 0.05) is 28.3 Å². The van der Waals surface area contributed by atoms with Gasteiger partial charge in [-0.3, -0.25) is 4.90 Å². The van der Waals surface area contributed by atoms with Crippen molar-refractivity contribution in [3.8, 4) is 11.6 Å². The average molecular weight is 511 g/mol. The standard InChI is InChI=1S/C26H24ClFN4O4/c27-17-5-4-16(19(28)12-17)14-36-23-3-1-2-20(30-23)15-8-10-32(11-9-15)13-22-29-21-7-6-18(26(34)35)25(33)24(21)31-22/h1-7,12,15,33H,8-11,13-14H2,(H,29,31)(H,34,35). The van der Waals surface area contributed by atoms with Crippen molar-refractivity contribution < 1.29 is 24.1 Å². The van der Waals surface area contributed by atoms with E-state index in [-0.39, 0.29) is 29.4 Å². The molecule has 0 unspecified atom stereocenters. The van der Waals surface area contributed by atoms with Gasteiger partial charge in [-0.2, -0.15) is 0 Å². The Labute approximate surface area is 211 Å². The second kappa shape index (κ2) is 10.1. The summed E-state index contributed by atoms with van der Waals surface area (Å²) in [5.74, 6) is -0.534. The molecule has 0 amide bonds. The number of aromatic hydroxyl groups is 1. The number of pyridine rings is 1. The van der Waals surface area contributed by atoms with Gasteiger partial charge in [0.25, 0.3) is 0 Å². The van der Waals surface area contributed by atoms with Crippen LogP contribution in [0.1, 0.15) is 46.2 Å². The van der Waals surface area contributed by atoms with Crippen LogP contribution in [-0.2, 0) is 13.2 Å². The number of hydrogen-bond donors (Lipinski definition) is 3. The lowest BCUT2D eigenvalue weighted by Crippen LogP contribution is -2.33. The molecule has 5 rings (SSSR count). The molecule has 1 fully saturated rings. The summed E-state index contributed by atoms with van der Waals surface area (Å²) >= 11 is 5.81. The van der Waals surface area contributed by atoms with Crippen LogP contribution in [0.5, 0.6) is 11.6 Å². The van der Waals surface area contributed by atoms with E-state index in [0.717, 1.165) is 31.6 Å². The molecule has 2 aromatic heterocycles. The number of fused-ring (bicyclic) bond motifs is 1. The molecule has 36 heavy (non-hydrogen) atoms. The molecular weight excluding hydrogens is 487 g/mol. The van der Waals surface area contributed by atoms with E-state index in [4.69, 9.17) is 16.3 Å². The molecule has 0 bridgehead atoms. The first kappa shape index (κ1) is 24.0. The number of carbonyl (C=O) groups is 1. The fourth-order valence-electron chi connectivity index (χ4n) is 4.49. The topological polar surface area (TPSA) is 112 Å².